The fourth-order valence-electron chi connectivity index (χ4n) is 3.47. The highest BCUT2D eigenvalue weighted by Crippen LogP contribution is 2.28. The van der Waals surface area contributed by atoms with Crippen LogP contribution in [0.4, 0.5) is 0 Å². The summed E-state index contributed by atoms with van der Waals surface area (Å²) in [5, 5.41) is 26.4. The lowest BCUT2D eigenvalue weighted by Gasteiger charge is -2.31. The average molecular weight is 421 g/mol. The number of aliphatic hydroxyl groups excluding tert-OH is 1. The van der Waals surface area contributed by atoms with Gasteiger partial charge >= 0.3 is 0 Å². The molecule has 146 valence electrons. The fourth-order valence-corrected chi connectivity index (χ4v) is 3.76. The molecule has 7 nitrogen and oxygen atoms in total. The standard InChI is InChI=1S/C19H18Cl2N4O3/c20-14-2-1-10(6-15(14)21)19(27)25-4-3-16(22)13(8-25)18-17-11(9-28-24-17)5-12(26)7-23-18/h1-2,6,9,12,22-23,26H,3-5,7-8H2/b18-13-,22-16?. The average Bonchev–Trinajstić information content (AvgIpc) is 3.06. The van der Waals surface area contributed by atoms with Crippen LogP contribution in [0.3, 0.4) is 0 Å². The minimum atomic E-state index is -0.581. The maximum Gasteiger partial charge on any atom is 0.254 e. The van der Waals surface area contributed by atoms with E-state index in [1.165, 1.54) is 6.26 Å². The zero-order valence-electron chi connectivity index (χ0n) is 14.8. The number of hydrogen-bond acceptors (Lipinski definition) is 6. The number of carbonyl (C=O) groups excluding carboxylic acids is 1. The highest BCUT2D eigenvalue weighted by Gasteiger charge is 2.30. The minimum Gasteiger partial charge on any atom is -0.391 e. The van der Waals surface area contributed by atoms with Gasteiger partial charge in [-0.25, -0.2) is 0 Å². The maximum atomic E-state index is 13.0. The van der Waals surface area contributed by atoms with E-state index in [4.69, 9.17) is 33.1 Å². The van der Waals surface area contributed by atoms with Crippen molar-refractivity contribution < 1.29 is 14.4 Å². The summed E-state index contributed by atoms with van der Waals surface area (Å²) in [6, 6.07) is 4.78. The van der Waals surface area contributed by atoms with Gasteiger partial charge in [-0.1, -0.05) is 28.4 Å². The Morgan fingerprint density at radius 1 is 1.36 bits per heavy atom. The lowest BCUT2D eigenvalue weighted by molar-refractivity contribution is 0.0770. The number of hydrogen-bond donors (Lipinski definition) is 3. The zero-order chi connectivity index (χ0) is 19.8. The van der Waals surface area contributed by atoms with Gasteiger partial charge in [0.15, 0.2) is 0 Å². The van der Waals surface area contributed by atoms with Crippen molar-refractivity contribution >= 4 is 40.5 Å². The summed E-state index contributed by atoms with van der Waals surface area (Å²) in [6.07, 6.45) is 1.77. The largest absolute Gasteiger partial charge is 0.391 e. The van der Waals surface area contributed by atoms with Crippen LogP contribution in [0.1, 0.15) is 28.0 Å². The maximum absolute atomic E-state index is 13.0. The number of rotatable bonds is 1. The summed E-state index contributed by atoms with van der Waals surface area (Å²) in [5.41, 5.74) is 3.55. The molecule has 0 aliphatic carbocycles. The molecule has 1 atom stereocenters. The first-order chi connectivity index (χ1) is 13.4. The van der Waals surface area contributed by atoms with E-state index in [2.05, 4.69) is 10.5 Å². The van der Waals surface area contributed by atoms with Crippen LogP contribution in [0.5, 0.6) is 0 Å². The molecule has 1 fully saturated rings. The SMILES string of the molecule is N=C1CCN(C(=O)c2ccc(Cl)c(Cl)c2)C/C1=C1/NCC(O)Cc2conc21. The first-order valence-corrected chi connectivity index (χ1v) is 9.60. The monoisotopic (exact) mass is 420 g/mol. The fraction of sp³-hybridized carbons (Fsp3) is 0.316. The van der Waals surface area contributed by atoms with Crippen LogP contribution >= 0.6 is 23.2 Å². The van der Waals surface area contributed by atoms with Gasteiger partial charge in [0.25, 0.3) is 5.91 Å². The molecule has 4 rings (SSSR count). The molecule has 1 unspecified atom stereocenters. The zero-order valence-corrected chi connectivity index (χ0v) is 16.3. The molecule has 1 aromatic carbocycles. The van der Waals surface area contributed by atoms with E-state index in [0.717, 1.165) is 5.56 Å². The number of piperidine rings is 1. The summed E-state index contributed by atoms with van der Waals surface area (Å²) < 4.78 is 5.08. The number of nitrogens with zero attached hydrogens (tertiary/aromatic N) is 2. The van der Waals surface area contributed by atoms with Crippen molar-refractivity contribution in [2.75, 3.05) is 19.6 Å². The molecule has 28 heavy (non-hydrogen) atoms. The predicted octanol–water partition coefficient (Wildman–Crippen LogP) is 2.76. The molecule has 2 aliphatic rings. The Labute approximate surface area is 171 Å². The Kier molecular flexibility index (Phi) is 5.14. The van der Waals surface area contributed by atoms with E-state index in [1.807, 2.05) is 0 Å². The van der Waals surface area contributed by atoms with Crippen LogP contribution in [-0.4, -0.2) is 52.5 Å². The molecule has 1 saturated heterocycles. The van der Waals surface area contributed by atoms with Gasteiger partial charge in [-0.3, -0.25) is 4.79 Å². The Hall–Kier alpha value is -2.35. The first kappa shape index (κ1) is 19.0. The van der Waals surface area contributed by atoms with Crippen molar-refractivity contribution in [3.05, 3.63) is 56.9 Å². The third-order valence-corrected chi connectivity index (χ3v) is 5.69. The van der Waals surface area contributed by atoms with E-state index in [9.17, 15) is 9.90 Å². The van der Waals surface area contributed by atoms with Gasteiger partial charge < -0.3 is 25.3 Å². The Balaban J connectivity index is 1.67. The number of fused-ring (bicyclic) bond motifs is 1. The normalized spacial score (nSPS) is 22.5. The van der Waals surface area contributed by atoms with Gasteiger partial charge in [0.05, 0.1) is 21.8 Å². The van der Waals surface area contributed by atoms with Gasteiger partial charge in [-0.05, 0) is 18.2 Å². The lowest BCUT2D eigenvalue weighted by atomic mass is 9.97. The van der Waals surface area contributed by atoms with Crippen LogP contribution in [-0.2, 0) is 6.42 Å². The van der Waals surface area contributed by atoms with E-state index in [-0.39, 0.29) is 12.5 Å². The molecule has 2 aliphatic heterocycles. The number of likely N-dealkylation sites (tertiary alicyclic amines) is 1. The number of carbonyl (C=O) groups is 1. The molecule has 2 aromatic rings. The van der Waals surface area contributed by atoms with Crippen molar-refractivity contribution in [2.24, 2.45) is 0 Å². The second-order valence-corrected chi connectivity index (χ2v) is 7.68. The first-order valence-electron chi connectivity index (χ1n) is 8.85. The Morgan fingerprint density at radius 2 is 2.18 bits per heavy atom. The summed E-state index contributed by atoms with van der Waals surface area (Å²) in [6.45, 7) is 1.02. The predicted molar refractivity (Wildman–Crippen MR) is 106 cm³/mol. The molecule has 3 N–H and O–H groups in total. The van der Waals surface area contributed by atoms with Crippen molar-refractivity contribution in [3.63, 3.8) is 0 Å². The minimum absolute atomic E-state index is 0.182. The van der Waals surface area contributed by atoms with Crippen molar-refractivity contribution in [1.29, 1.82) is 5.41 Å². The summed E-state index contributed by atoms with van der Waals surface area (Å²) in [4.78, 5) is 14.6. The van der Waals surface area contributed by atoms with Gasteiger partial charge in [-0.15, -0.1) is 0 Å². The summed E-state index contributed by atoms with van der Waals surface area (Å²) >= 11 is 12.0. The highest BCUT2D eigenvalue weighted by atomic mass is 35.5. The molecule has 1 amide bonds. The molecule has 1 aromatic heterocycles. The van der Waals surface area contributed by atoms with E-state index < -0.39 is 6.10 Å². The van der Waals surface area contributed by atoms with E-state index >= 15 is 0 Å². The number of aliphatic hydroxyl groups is 1. The van der Waals surface area contributed by atoms with Crippen LogP contribution in [0.2, 0.25) is 10.0 Å². The Morgan fingerprint density at radius 3 is 2.96 bits per heavy atom. The third kappa shape index (κ3) is 3.53. The molecular formula is C19H18Cl2N4O3. The molecule has 0 radical (unpaired) electrons. The number of β-amino-alcohol motifs (C(OH)–C–C–N with tert-alkyl or cyclic N) is 1. The van der Waals surface area contributed by atoms with Crippen molar-refractivity contribution in [2.45, 2.75) is 18.9 Å². The topological polar surface area (TPSA) is 102 Å². The molecule has 0 saturated carbocycles. The van der Waals surface area contributed by atoms with Crippen LogP contribution in [0.25, 0.3) is 5.70 Å². The van der Waals surface area contributed by atoms with Crippen molar-refractivity contribution in [1.82, 2.24) is 15.4 Å². The van der Waals surface area contributed by atoms with Gasteiger partial charge in [0.1, 0.15) is 12.0 Å². The molecule has 3 heterocycles. The Bertz CT molecular complexity index is 985. The van der Waals surface area contributed by atoms with Crippen molar-refractivity contribution in [3.8, 4) is 0 Å². The quantitative estimate of drug-likeness (QED) is 0.657. The van der Waals surface area contributed by atoms with E-state index in [0.29, 0.717) is 64.2 Å². The number of nitrogens with one attached hydrogen (secondary N) is 2. The highest BCUT2D eigenvalue weighted by molar-refractivity contribution is 6.42. The number of benzene rings is 1. The molecule has 9 heteroatoms. The molecule has 0 bridgehead atoms. The number of aromatic nitrogens is 1. The van der Waals surface area contributed by atoms with Crippen LogP contribution in [0.15, 0.2) is 34.6 Å². The number of halogens is 2. The van der Waals surface area contributed by atoms with Crippen LogP contribution in [0, 0.1) is 5.41 Å². The second kappa shape index (κ2) is 7.58. The van der Waals surface area contributed by atoms with E-state index in [1.54, 1.807) is 23.1 Å². The third-order valence-electron chi connectivity index (χ3n) is 4.95. The smallest absolute Gasteiger partial charge is 0.254 e. The van der Waals surface area contributed by atoms with Gasteiger partial charge in [0, 0.05) is 54.9 Å². The van der Waals surface area contributed by atoms with Gasteiger partial charge in [0.2, 0.25) is 0 Å². The summed E-state index contributed by atoms with van der Waals surface area (Å²) in [5.74, 6) is -0.182. The summed E-state index contributed by atoms with van der Waals surface area (Å²) in [7, 11) is 0. The lowest BCUT2D eigenvalue weighted by Crippen LogP contribution is -2.41. The second-order valence-electron chi connectivity index (χ2n) is 6.86. The molecular weight excluding hydrogens is 403 g/mol. The van der Waals surface area contributed by atoms with Crippen LogP contribution < -0.4 is 5.32 Å². The number of amides is 1. The van der Waals surface area contributed by atoms with Gasteiger partial charge in [-0.2, -0.15) is 0 Å². The molecule has 0 spiro atoms.